The van der Waals surface area contributed by atoms with E-state index in [0.29, 0.717) is 12.8 Å². The van der Waals surface area contributed by atoms with Gasteiger partial charge >= 0.3 is 0 Å². The Morgan fingerprint density at radius 2 is 2.00 bits per heavy atom. The van der Waals surface area contributed by atoms with Gasteiger partial charge < -0.3 is 16.2 Å². The molecule has 72 valence electrons. The molecule has 0 aromatic heterocycles. The molecule has 0 aromatic carbocycles. The predicted molar refractivity (Wildman–Crippen MR) is 47.6 cm³/mol. The fourth-order valence-corrected chi connectivity index (χ4v) is 1.23. The second-order valence-corrected chi connectivity index (χ2v) is 2.78. The van der Waals surface area contributed by atoms with Gasteiger partial charge in [-0.1, -0.05) is 13.8 Å². The normalized spacial score (nSPS) is 32.6. The molecule has 1 aliphatic carbocycles. The molecule has 0 spiro atoms. The van der Waals surface area contributed by atoms with Gasteiger partial charge in [0.1, 0.15) is 5.60 Å². The lowest BCUT2D eigenvalue weighted by Crippen LogP contribution is -2.59. The first-order valence-electron chi connectivity index (χ1n) is 4.28. The lowest BCUT2D eigenvalue weighted by Gasteiger charge is -2.39. The van der Waals surface area contributed by atoms with E-state index in [2.05, 4.69) is 5.32 Å². The Kier molecular flexibility index (Phi) is 4.20. The van der Waals surface area contributed by atoms with Gasteiger partial charge in [-0.25, -0.2) is 0 Å². The molecule has 0 aromatic rings. The van der Waals surface area contributed by atoms with E-state index in [1.807, 2.05) is 13.8 Å². The SMILES string of the molecule is CC.CNC(=O)C1(O)CC(N)C1. The summed E-state index contributed by atoms with van der Waals surface area (Å²) in [7, 11) is 1.50. The van der Waals surface area contributed by atoms with E-state index in [1.165, 1.54) is 7.05 Å². The summed E-state index contributed by atoms with van der Waals surface area (Å²) in [5.41, 5.74) is 4.23. The van der Waals surface area contributed by atoms with Gasteiger partial charge in [-0.2, -0.15) is 0 Å². The molecule has 12 heavy (non-hydrogen) atoms. The number of hydrogen-bond donors (Lipinski definition) is 3. The molecule has 0 heterocycles. The van der Waals surface area contributed by atoms with Crippen LogP contribution in [0, 0.1) is 0 Å². The zero-order valence-corrected chi connectivity index (χ0v) is 7.92. The molecule has 4 N–H and O–H groups in total. The highest BCUT2D eigenvalue weighted by atomic mass is 16.3. The Bertz CT molecular complexity index is 153. The molecule has 0 aliphatic heterocycles. The van der Waals surface area contributed by atoms with E-state index >= 15 is 0 Å². The zero-order chi connectivity index (χ0) is 9.78. The fraction of sp³-hybridized carbons (Fsp3) is 0.875. The summed E-state index contributed by atoms with van der Waals surface area (Å²) in [5, 5.41) is 11.7. The molecule has 1 amide bonds. The smallest absolute Gasteiger partial charge is 0.251 e. The van der Waals surface area contributed by atoms with Gasteiger partial charge in [-0.3, -0.25) is 4.79 Å². The lowest BCUT2D eigenvalue weighted by molar-refractivity contribution is -0.149. The average Bonchev–Trinajstić information content (AvgIpc) is 2.04. The Labute approximate surface area is 73.1 Å². The maximum atomic E-state index is 10.8. The van der Waals surface area contributed by atoms with Gasteiger partial charge in [0.05, 0.1) is 0 Å². The predicted octanol–water partition coefficient (Wildman–Crippen LogP) is -0.389. The monoisotopic (exact) mass is 174 g/mol. The molecule has 0 radical (unpaired) electrons. The molecule has 4 heteroatoms. The summed E-state index contributed by atoms with van der Waals surface area (Å²) in [4.78, 5) is 10.8. The van der Waals surface area contributed by atoms with Gasteiger partial charge in [0.15, 0.2) is 0 Å². The van der Waals surface area contributed by atoms with Crippen molar-refractivity contribution in [2.45, 2.75) is 38.3 Å². The molecule has 0 unspecified atom stereocenters. The van der Waals surface area contributed by atoms with Crippen molar-refractivity contribution < 1.29 is 9.90 Å². The highest BCUT2D eigenvalue weighted by molar-refractivity contribution is 5.85. The van der Waals surface area contributed by atoms with Crippen molar-refractivity contribution in [1.29, 1.82) is 0 Å². The third-order valence-corrected chi connectivity index (χ3v) is 1.85. The average molecular weight is 174 g/mol. The molecular formula is C8H18N2O2. The van der Waals surface area contributed by atoms with Crippen LogP contribution in [0.5, 0.6) is 0 Å². The molecule has 1 saturated carbocycles. The molecule has 1 fully saturated rings. The maximum absolute atomic E-state index is 10.8. The summed E-state index contributed by atoms with van der Waals surface area (Å²) in [5.74, 6) is -0.325. The minimum absolute atomic E-state index is 0.0118. The van der Waals surface area contributed by atoms with Crippen molar-refractivity contribution >= 4 is 5.91 Å². The van der Waals surface area contributed by atoms with E-state index in [0.717, 1.165) is 0 Å². The van der Waals surface area contributed by atoms with Crippen LogP contribution in [0.3, 0.4) is 0 Å². The summed E-state index contributed by atoms with van der Waals surface area (Å²) in [6, 6.07) is -0.0118. The number of rotatable bonds is 1. The first kappa shape index (κ1) is 11.4. The molecule has 0 saturated heterocycles. The minimum atomic E-state index is -1.17. The Balaban J connectivity index is 0.000000561. The van der Waals surface area contributed by atoms with Gasteiger partial charge in [0.2, 0.25) is 0 Å². The van der Waals surface area contributed by atoms with E-state index in [4.69, 9.17) is 5.73 Å². The van der Waals surface area contributed by atoms with Crippen molar-refractivity contribution in [3.05, 3.63) is 0 Å². The van der Waals surface area contributed by atoms with Crippen LogP contribution in [0.4, 0.5) is 0 Å². The van der Waals surface area contributed by atoms with Crippen LogP contribution in [-0.2, 0) is 4.79 Å². The van der Waals surface area contributed by atoms with Gasteiger partial charge in [-0.15, -0.1) is 0 Å². The number of nitrogens with two attached hydrogens (primary N) is 1. The van der Waals surface area contributed by atoms with E-state index in [9.17, 15) is 9.90 Å². The van der Waals surface area contributed by atoms with Crippen LogP contribution < -0.4 is 11.1 Å². The standard InChI is InChI=1S/C6H12N2O2.C2H6/c1-8-5(9)6(10)2-4(7)3-6;1-2/h4,10H,2-3,7H2,1H3,(H,8,9);1-2H3. The number of nitrogens with one attached hydrogen (secondary N) is 1. The number of likely N-dealkylation sites (N-methyl/N-ethyl adjacent to an activating group) is 1. The maximum Gasteiger partial charge on any atom is 0.251 e. The largest absolute Gasteiger partial charge is 0.380 e. The van der Waals surface area contributed by atoms with Crippen molar-refractivity contribution in [2.75, 3.05) is 7.05 Å². The van der Waals surface area contributed by atoms with Crippen LogP contribution in [0.1, 0.15) is 26.7 Å². The number of carbonyl (C=O) groups is 1. The Hall–Kier alpha value is -0.610. The number of hydrogen-bond acceptors (Lipinski definition) is 3. The van der Waals surface area contributed by atoms with Crippen molar-refractivity contribution in [3.8, 4) is 0 Å². The van der Waals surface area contributed by atoms with Crippen LogP contribution >= 0.6 is 0 Å². The van der Waals surface area contributed by atoms with Crippen LogP contribution in [0.15, 0.2) is 0 Å². The number of carbonyl (C=O) groups excluding carboxylic acids is 1. The second-order valence-electron chi connectivity index (χ2n) is 2.78. The third kappa shape index (κ3) is 2.19. The van der Waals surface area contributed by atoms with Gasteiger partial charge in [-0.05, 0) is 0 Å². The fourth-order valence-electron chi connectivity index (χ4n) is 1.23. The molecule has 4 nitrogen and oxygen atoms in total. The van der Waals surface area contributed by atoms with Crippen molar-refractivity contribution in [1.82, 2.24) is 5.32 Å². The molecule has 0 bridgehead atoms. The number of amides is 1. The van der Waals surface area contributed by atoms with Gasteiger partial charge in [0.25, 0.3) is 5.91 Å². The molecule has 1 aliphatic rings. The van der Waals surface area contributed by atoms with E-state index in [1.54, 1.807) is 0 Å². The molecule has 0 atom stereocenters. The van der Waals surface area contributed by atoms with Crippen molar-refractivity contribution in [2.24, 2.45) is 5.73 Å². The quantitative estimate of drug-likeness (QED) is 0.507. The second kappa shape index (κ2) is 4.42. The van der Waals surface area contributed by atoms with Crippen molar-refractivity contribution in [3.63, 3.8) is 0 Å². The molecule has 1 rings (SSSR count). The topological polar surface area (TPSA) is 75.3 Å². The lowest BCUT2D eigenvalue weighted by atomic mass is 9.75. The third-order valence-electron chi connectivity index (χ3n) is 1.85. The Morgan fingerprint density at radius 1 is 1.58 bits per heavy atom. The minimum Gasteiger partial charge on any atom is -0.380 e. The van der Waals surface area contributed by atoms with Crippen LogP contribution in [0.2, 0.25) is 0 Å². The molecular weight excluding hydrogens is 156 g/mol. The van der Waals surface area contributed by atoms with Gasteiger partial charge in [0, 0.05) is 25.9 Å². The van der Waals surface area contributed by atoms with E-state index < -0.39 is 5.60 Å². The van der Waals surface area contributed by atoms with E-state index in [-0.39, 0.29) is 11.9 Å². The first-order valence-corrected chi connectivity index (χ1v) is 4.28. The van der Waals surface area contributed by atoms with Crippen LogP contribution in [-0.4, -0.2) is 29.7 Å². The summed E-state index contributed by atoms with van der Waals surface area (Å²) in [6.45, 7) is 4.00. The highest BCUT2D eigenvalue weighted by Crippen LogP contribution is 2.30. The summed E-state index contributed by atoms with van der Waals surface area (Å²) >= 11 is 0. The number of aliphatic hydroxyl groups is 1. The summed E-state index contributed by atoms with van der Waals surface area (Å²) < 4.78 is 0. The Morgan fingerprint density at radius 3 is 2.25 bits per heavy atom. The highest BCUT2D eigenvalue weighted by Gasteiger charge is 2.46. The van der Waals surface area contributed by atoms with Crippen LogP contribution in [0.25, 0.3) is 0 Å². The zero-order valence-electron chi connectivity index (χ0n) is 7.92. The first-order chi connectivity index (χ1) is 5.58. The summed E-state index contributed by atoms with van der Waals surface area (Å²) in [6.07, 6.45) is 0.763.